The average molecular weight is 472 g/mol. The third-order valence-electron chi connectivity index (χ3n) is 3.48. The molecule has 0 unspecified atom stereocenters. The normalized spacial score (nSPS) is 13.4. The Hall–Kier alpha value is -0.139. The number of allylic oxidation sites excluding steroid dienone is 4. The Morgan fingerprint density at radius 3 is 0.821 bits per heavy atom. The van der Waals surface area contributed by atoms with Gasteiger partial charge in [0.15, 0.2) is 11.6 Å². The van der Waals surface area contributed by atoms with Gasteiger partial charge in [-0.2, -0.15) is 0 Å². The van der Waals surface area contributed by atoms with Gasteiger partial charge in [-0.3, -0.25) is 9.59 Å². The minimum atomic E-state index is -0.457. The summed E-state index contributed by atoms with van der Waals surface area (Å²) in [5, 5.41) is 22.9. The molecule has 0 aromatic rings. The standard InChI is InChI=1S/2C11H20O2.H2O.Sr/c2*1-10(2,3)8(12)7-9(13)11(4,5)6;;/h2*7,12H,1-6H3;1H2;/q;;;+2/p-2. The second-order valence-electron chi connectivity index (χ2n) is 10.7. The Balaban J connectivity index is -0.000000192. The minimum absolute atomic E-state index is 0. The van der Waals surface area contributed by atoms with Crippen LogP contribution >= 0.6 is 0 Å². The summed E-state index contributed by atoms with van der Waals surface area (Å²) in [6.07, 6.45) is 2.44. The van der Waals surface area contributed by atoms with Crippen molar-refractivity contribution in [2.45, 2.75) is 83.1 Å². The molecule has 0 spiro atoms. The molecule has 0 rings (SSSR count). The first kappa shape index (κ1) is 35.3. The number of carbonyl (C=O) groups is 2. The zero-order chi connectivity index (χ0) is 21.7. The van der Waals surface area contributed by atoms with Crippen molar-refractivity contribution in [3.05, 3.63) is 23.7 Å². The fourth-order valence-electron chi connectivity index (χ4n) is 1.10. The summed E-state index contributed by atoms with van der Waals surface area (Å²) in [5.41, 5.74) is -1.83. The number of hydrogen-bond acceptors (Lipinski definition) is 4. The second-order valence-corrected chi connectivity index (χ2v) is 10.7. The van der Waals surface area contributed by atoms with E-state index in [0.29, 0.717) is 0 Å². The maximum absolute atomic E-state index is 11.4. The molecule has 0 aromatic heterocycles. The summed E-state index contributed by atoms with van der Waals surface area (Å²) in [6, 6.07) is 0. The van der Waals surface area contributed by atoms with Gasteiger partial charge in [0, 0.05) is 10.8 Å². The Bertz CT molecular complexity index is 508. The summed E-state index contributed by atoms with van der Waals surface area (Å²) >= 11 is 0. The first-order valence-electron chi connectivity index (χ1n) is 8.97. The predicted molar refractivity (Wildman–Crippen MR) is 113 cm³/mol. The van der Waals surface area contributed by atoms with Crippen LogP contribution in [0.3, 0.4) is 0 Å². The van der Waals surface area contributed by atoms with E-state index in [1.165, 1.54) is 12.2 Å². The molecule has 0 amide bonds. The van der Waals surface area contributed by atoms with Gasteiger partial charge < -0.3 is 15.7 Å². The summed E-state index contributed by atoms with van der Waals surface area (Å²) in [4.78, 5) is 22.9. The van der Waals surface area contributed by atoms with Crippen LogP contribution in [0.5, 0.6) is 0 Å². The summed E-state index contributed by atoms with van der Waals surface area (Å²) < 4.78 is 0. The number of carbonyl (C=O) groups excluding carboxylic acids is 2. The maximum Gasteiger partial charge on any atom is 2.00 e. The molecule has 0 bridgehead atoms. The van der Waals surface area contributed by atoms with Gasteiger partial charge in [-0.15, -0.1) is 11.5 Å². The molecule has 160 valence electrons. The van der Waals surface area contributed by atoms with E-state index in [1.807, 2.05) is 83.1 Å². The van der Waals surface area contributed by atoms with Crippen LogP contribution in [0, 0.1) is 21.7 Å². The molecule has 5 nitrogen and oxygen atoms in total. The Kier molecular flexibility index (Phi) is 15.8. The van der Waals surface area contributed by atoms with Gasteiger partial charge in [-0.25, -0.2) is 0 Å². The topological polar surface area (TPSA) is 112 Å². The third kappa shape index (κ3) is 15.7. The van der Waals surface area contributed by atoms with Crippen molar-refractivity contribution < 1.29 is 25.3 Å². The maximum atomic E-state index is 11.4. The van der Waals surface area contributed by atoms with Gasteiger partial charge in [0.25, 0.3) is 0 Å². The van der Waals surface area contributed by atoms with Gasteiger partial charge in [0.05, 0.1) is 0 Å². The Morgan fingerprint density at radius 2 is 0.714 bits per heavy atom. The van der Waals surface area contributed by atoms with Crippen LogP contribution in [0.25, 0.3) is 0 Å². The largest absolute Gasteiger partial charge is 2.00 e. The van der Waals surface area contributed by atoms with Crippen molar-refractivity contribution in [1.82, 2.24) is 0 Å². The van der Waals surface area contributed by atoms with E-state index < -0.39 is 21.7 Å². The molecule has 0 aliphatic carbocycles. The van der Waals surface area contributed by atoms with Crippen molar-refractivity contribution in [2.24, 2.45) is 21.7 Å². The molecule has 0 aromatic carbocycles. The van der Waals surface area contributed by atoms with Crippen LogP contribution in [-0.2, 0) is 9.59 Å². The van der Waals surface area contributed by atoms with Gasteiger partial charge in [-0.05, 0) is 23.0 Å². The minimum Gasteiger partial charge on any atom is -0.875 e. The van der Waals surface area contributed by atoms with Crippen molar-refractivity contribution in [3.63, 3.8) is 0 Å². The molecule has 0 aliphatic heterocycles. The average Bonchev–Trinajstić information content (AvgIpc) is 2.34. The molecule has 0 saturated carbocycles. The molecule has 0 atom stereocenters. The van der Waals surface area contributed by atoms with Crippen LogP contribution < -0.4 is 10.2 Å². The molecule has 0 heterocycles. The summed E-state index contributed by atoms with van der Waals surface area (Å²) in [6.45, 7) is 21.7. The first-order chi connectivity index (χ1) is 11.1. The van der Waals surface area contributed by atoms with Crippen molar-refractivity contribution in [3.8, 4) is 0 Å². The van der Waals surface area contributed by atoms with E-state index in [-0.39, 0.29) is 74.0 Å². The molecule has 0 radical (unpaired) electrons. The van der Waals surface area contributed by atoms with Gasteiger partial charge in [0.2, 0.25) is 0 Å². The zero-order valence-electron chi connectivity index (χ0n) is 20.0. The SMILES string of the molecule is CC(C)(C)C(=O)C=C([O-])C(C)(C)C.CC(C)(C)C(=O)C=C([O-])C(C)(C)C.O.[Sr+2]. The van der Waals surface area contributed by atoms with E-state index in [1.54, 1.807) is 0 Å². The first-order valence-corrected chi connectivity index (χ1v) is 8.97. The van der Waals surface area contributed by atoms with E-state index >= 15 is 0 Å². The fraction of sp³-hybridized carbons (Fsp3) is 0.727. The van der Waals surface area contributed by atoms with E-state index in [2.05, 4.69) is 0 Å². The summed E-state index contributed by atoms with van der Waals surface area (Å²) in [7, 11) is 0. The van der Waals surface area contributed by atoms with Gasteiger partial charge >= 0.3 is 45.5 Å². The molecule has 0 aliphatic rings. The predicted octanol–water partition coefficient (Wildman–Crippen LogP) is 2.58. The molecule has 6 heteroatoms. The number of ketones is 2. The molecule has 0 saturated heterocycles. The second kappa shape index (κ2) is 12.5. The molecular weight excluding hydrogens is 432 g/mol. The van der Waals surface area contributed by atoms with Crippen molar-refractivity contribution >= 4 is 57.0 Å². The van der Waals surface area contributed by atoms with Crippen molar-refractivity contribution in [2.75, 3.05) is 0 Å². The quantitative estimate of drug-likeness (QED) is 0.350. The monoisotopic (exact) mass is 472 g/mol. The van der Waals surface area contributed by atoms with Crippen LogP contribution in [0.2, 0.25) is 0 Å². The molecule has 28 heavy (non-hydrogen) atoms. The van der Waals surface area contributed by atoms with E-state index in [4.69, 9.17) is 0 Å². The van der Waals surface area contributed by atoms with E-state index in [0.717, 1.165) is 0 Å². The molecular formula is C22H40O5Sr. The number of rotatable bonds is 2. The molecule has 0 fully saturated rings. The van der Waals surface area contributed by atoms with Crippen molar-refractivity contribution in [1.29, 1.82) is 0 Å². The summed E-state index contributed by atoms with van der Waals surface area (Å²) in [5.74, 6) is -0.417. The Morgan fingerprint density at radius 1 is 0.536 bits per heavy atom. The van der Waals surface area contributed by atoms with Crippen LogP contribution in [0.1, 0.15) is 83.1 Å². The fourth-order valence-corrected chi connectivity index (χ4v) is 1.10. The van der Waals surface area contributed by atoms with E-state index in [9.17, 15) is 19.8 Å². The molecule has 2 N–H and O–H groups in total. The van der Waals surface area contributed by atoms with Crippen LogP contribution in [-0.4, -0.2) is 62.5 Å². The zero-order valence-corrected chi connectivity index (χ0v) is 23.5. The van der Waals surface area contributed by atoms with Crippen LogP contribution in [0.15, 0.2) is 23.7 Å². The third-order valence-corrected chi connectivity index (χ3v) is 3.48. The van der Waals surface area contributed by atoms with Crippen LogP contribution in [0.4, 0.5) is 0 Å². The number of hydrogen-bond donors (Lipinski definition) is 0. The smallest absolute Gasteiger partial charge is 0.875 e. The van der Waals surface area contributed by atoms with Gasteiger partial charge in [-0.1, -0.05) is 83.1 Å². The van der Waals surface area contributed by atoms with Gasteiger partial charge in [0.1, 0.15) is 0 Å². The Labute approximate surface area is 209 Å².